The molecule has 0 saturated heterocycles. The van der Waals surface area contributed by atoms with Gasteiger partial charge in [-0.05, 0) is 50.3 Å². The fourth-order valence-corrected chi connectivity index (χ4v) is 2.65. The van der Waals surface area contributed by atoms with Gasteiger partial charge in [0.1, 0.15) is 11.2 Å². The van der Waals surface area contributed by atoms with E-state index in [0.29, 0.717) is 5.65 Å². The second-order valence-electron chi connectivity index (χ2n) is 6.21. The van der Waals surface area contributed by atoms with Gasteiger partial charge in [-0.3, -0.25) is 14.0 Å². The van der Waals surface area contributed by atoms with Crippen LogP contribution in [0.1, 0.15) is 35.7 Å². The number of carbonyl (C=O) groups is 1. The summed E-state index contributed by atoms with van der Waals surface area (Å²) in [6.07, 6.45) is 4.87. The van der Waals surface area contributed by atoms with E-state index in [0.717, 1.165) is 18.4 Å². The summed E-state index contributed by atoms with van der Waals surface area (Å²) in [4.78, 5) is 29.0. The fraction of sp³-hybridized carbons (Fsp3) is 0.438. The molecule has 1 unspecified atom stereocenters. The Labute approximate surface area is 127 Å². The van der Waals surface area contributed by atoms with Crippen LogP contribution in [0.2, 0.25) is 0 Å². The number of nitrogens with one attached hydrogen (secondary N) is 1. The van der Waals surface area contributed by atoms with Crippen molar-refractivity contribution in [3.05, 3.63) is 46.0 Å². The summed E-state index contributed by atoms with van der Waals surface area (Å²) in [7, 11) is 0. The van der Waals surface area contributed by atoms with Crippen LogP contribution in [-0.4, -0.2) is 32.5 Å². The number of aliphatic hydroxyl groups is 1. The van der Waals surface area contributed by atoms with Crippen LogP contribution in [0.25, 0.3) is 5.65 Å². The lowest BCUT2D eigenvalue weighted by atomic mass is 9.96. The molecule has 2 aromatic rings. The maximum absolute atomic E-state index is 12.4. The molecule has 1 fully saturated rings. The van der Waals surface area contributed by atoms with E-state index in [1.165, 1.54) is 10.6 Å². The second-order valence-corrected chi connectivity index (χ2v) is 6.21. The lowest BCUT2D eigenvalue weighted by Gasteiger charge is -2.28. The number of aromatic nitrogens is 2. The average Bonchev–Trinajstić information content (AvgIpc) is 3.32. The van der Waals surface area contributed by atoms with Gasteiger partial charge in [-0.25, -0.2) is 4.98 Å². The molecule has 1 atom stereocenters. The van der Waals surface area contributed by atoms with Gasteiger partial charge in [-0.15, -0.1) is 0 Å². The van der Waals surface area contributed by atoms with Crippen LogP contribution in [0, 0.1) is 12.8 Å². The molecular formula is C16H19N3O3. The van der Waals surface area contributed by atoms with Gasteiger partial charge in [0, 0.05) is 12.4 Å². The van der Waals surface area contributed by atoms with Crippen LogP contribution in [0.15, 0.2) is 29.3 Å². The molecule has 6 heteroatoms. The molecule has 0 aromatic carbocycles. The third kappa shape index (κ3) is 2.50. The minimum Gasteiger partial charge on any atom is -0.394 e. The molecule has 22 heavy (non-hydrogen) atoms. The van der Waals surface area contributed by atoms with E-state index in [1.54, 1.807) is 25.3 Å². The van der Waals surface area contributed by atoms with Crippen LogP contribution in [0.5, 0.6) is 0 Å². The summed E-state index contributed by atoms with van der Waals surface area (Å²) in [6.45, 7) is 3.57. The van der Waals surface area contributed by atoms with E-state index >= 15 is 0 Å². The smallest absolute Gasteiger partial charge is 0.270 e. The summed E-state index contributed by atoms with van der Waals surface area (Å²) in [5.74, 6) is -0.226. The van der Waals surface area contributed by atoms with Gasteiger partial charge < -0.3 is 10.4 Å². The van der Waals surface area contributed by atoms with Crippen molar-refractivity contribution in [2.45, 2.75) is 32.2 Å². The van der Waals surface area contributed by atoms with E-state index in [2.05, 4.69) is 10.3 Å². The zero-order valence-electron chi connectivity index (χ0n) is 12.7. The molecule has 6 nitrogen and oxygen atoms in total. The van der Waals surface area contributed by atoms with Crippen molar-refractivity contribution in [2.24, 2.45) is 5.92 Å². The minimum absolute atomic E-state index is 0.0123. The number of nitrogens with zero attached hydrogens (tertiary/aromatic N) is 2. The van der Waals surface area contributed by atoms with Crippen molar-refractivity contribution in [1.82, 2.24) is 14.7 Å². The molecular weight excluding hydrogens is 282 g/mol. The molecule has 0 aliphatic heterocycles. The number of rotatable bonds is 4. The highest BCUT2D eigenvalue weighted by Gasteiger charge is 2.42. The van der Waals surface area contributed by atoms with E-state index < -0.39 is 17.0 Å². The van der Waals surface area contributed by atoms with Gasteiger partial charge >= 0.3 is 0 Å². The zero-order chi connectivity index (χ0) is 15.9. The highest BCUT2D eigenvalue weighted by atomic mass is 16.3. The van der Waals surface area contributed by atoms with E-state index in [4.69, 9.17) is 0 Å². The van der Waals surface area contributed by atoms with Gasteiger partial charge in [0.25, 0.3) is 11.5 Å². The molecule has 116 valence electrons. The second kappa shape index (κ2) is 5.21. The summed E-state index contributed by atoms with van der Waals surface area (Å²) in [5.41, 5.74) is 0.399. The maximum Gasteiger partial charge on any atom is 0.270 e. The molecule has 2 aromatic heterocycles. The fourth-order valence-electron chi connectivity index (χ4n) is 2.65. The van der Waals surface area contributed by atoms with Crippen molar-refractivity contribution >= 4 is 11.6 Å². The molecule has 0 radical (unpaired) electrons. The van der Waals surface area contributed by atoms with Crippen molar-refractivity contribution in [3.8, 4) is 0 Å². The van der Waals surface area contributed by atoms with E-state index in [1.807, 2.05) is 6.92 Å². The van der Waals surface area contributed by atoms with Crippen LogP contribution in [-0.2, 0) is 0 Å². The third-order valence-electron chi connectivity index (χ3n) is 4.32. The monoisotopic (exact) mass is 301 g/mol. The number of hydrogen-bond donors (Lipinski definition) is 2. The number of aryl methyl sites for hydroxylation is 1. The Morgan fingerprint density at radius 3 is 2.91 bits per heavy atom. The van der Waals surface area contributed by atoms with Crippen LogP contribution in [0.3, 0.4) is 0 Å². The summed E-state index contributed by atoms with van der Waals surface area (Å²) in [5, 5.41) is 12.3. The minimum atomic E-state index is -0.684. The quantitative estimate of drug-likeness (QED) is 0.878. The van der Waals surface area contributed by atoms with Crippen molar-refractivity contribution < 1.29 is 9.90 Å². The predicted molar refractivity (Wildman–Crippen MR) is 81.9 cm³/mol. The number of fused-ring (bicyclic) bond motifs is 1. The van der Waals surface area contributed by atoms with Crippen LogP contribution in [0.4, 0.5) is 0 Å². The highest BCUT2D eigenvalue weighted by molar-refractivity contribution is 5.94. The average molecular weight is 301 g/mol. The van der Waals surface area contributed by atoms with Gasteiger partial charge in [-0.2, -0.15) is 0 Å². The molecule has 1 saturated carbocycles. The van der Waals surface area contributed by atoms with E-state index in [9.17, 15) is 14.7 Å². The first-order valence-electron chi connectivity index (χ1n) is 7.36. The summed E-state index contributed by atoms with van der Waals surface area (Å²) < 4.78 is 1.36. The Balaban J connectivity index is 1.96. The molecule has 0 bridgehead atoms. The molecule has 2 heterocycles. The number of carbonyl (C=O) groups excluding carboxylic acids is 1. The molecule has 1 amide bonds. The molecule has 3 rings (SSSR count). The topological polar surface area (TPSA) is 83.7 Å². The molecule has 1 aliphatic carbocycles. The lowest BCUT2D eigenvalue weighted by molar-refractivity contribution is 0.0822. The predicted octanol–water partition coefficient (Wildman–Crippen LogP) is 0.894. The van der Waals surface area contributed by atoms with Crippen LogP contribution >= 0.6 is 0 Å². The van der Waals surface area contributed by atoms with Crippen molar-refractivity contribution in [2.75, 3.05) is 6.61 Å². The first-order valence-corrected chi connectivity index (χ1v) is 7.36. The Morgan fingerprint density at radius 2 is 2.27 bits per heavy atom. The highest BCUT2D eigenvalue weighted by Crippen LogP contribution is 2.39. The standard InChI is InChI=1S/C16H19N3O3/c1-10-5-6-19-13(7-10)17-8-12(15(19)22)14(21)18-16(2,9-20)11-3-4-11/h5-8,11,20H,3-4,9H2,1-2H3,(H,18,21). The molecule has 0 spiro atoms. The Morgan fingerprint density at radius 1 is 1.55 bits per heavy atom. The largest absolute Gasteiger partial charge is 0.394 e. The third-order valence-corrected chi connectivity index (χ3v) is 4.32. The Bertz CT molecular complexity index is 795. The maximum atomic E-state index is 12.4. The normalized spacial score (nSPS) is 17.2. The van der Waals surface area contributed by atoms with Gasteiger partial charge in [0.15, 0.2) is 0 Å². The number of pyridine rings is 1. The van der Waals surface area contributed by atoms with Gasteiger partial charge in [0.2, 0.25) is 0 Å². The number of amides is 1. The summed E-state index contributed by atoms with van der Waals surface area (Å²) >= 11 is 0. The Hall–Kier alpha value is -2.21. The van der Waals surface area contributed by atoms with Gasteiger partial charge in [0.05, 0.1) is 12.1 Å². The summed E-state index contributed by atoms with van der Waals surface area (Å²) in [6, 6.07) is 3.57. The Kier molecular flexibility index (Phi) is 3.48. The first-order chi connectivity index (χ1) is 10.4. The number of aliphatic hydroxyl groups excluding tert-OH is 1. The van der Waals surface area contributed by atoms with E-state index in [-0.39, 0.29) is 18.1 Å². The van der Waals surface area contributed by atoms with Crippen molar-refractivity contribution in [1.29, 1.82) is 0 Å². The first kappa shape index (κ1) is 14.7. The number of hydrogen-bond acceptors (Lipinski definition) is 4. The zero-order valence-corrected chi connectivity index (χ0v) is 12.7. The lowest BCUT2D eigenvalue weighted by Crippen LogP contribution is -2.51. The van der Waals surface area contributed by atoms with Gasteiger partial charge in [-0.1, -0.05) is 0 Å². The van der Waals surface area contributed by atoms with Crippen LogP contribution < -0.4 is 10.9 Å². The SMILES string of the molecule is Cc1ccn2c(=O)c(C(=O)NC(C)(CO)C3CC3)cnc2c1. The van der Waals surface area contributed by atoms with Crippen molar-refractivity contribution in [3.63, 3.8) is 0 Å². The molecule has 1 aliphatic rings. The molecule has 2 N–H and O–H groups in total.